The predicted molar refractivity (Wildman–Crippen MR) is 90.0 cm³/mol. The molecule has 1 amide bonds. The number of hydrogen-bond acceptors (Lipinski definition) is 5. The molecule has 2 heterocycles. The molecule has 3 fully saturated rings. The predicted octanol–water partition coefficient (Wildman–Crippen LogP) is 3.00. The quantitative estimate of drug-likeness (QED) is 0.837. The molecule has 1 aromatic heterocycles. The Kier molecular flexibility index (Phi) is 3.50. The van der Waals surface area contributed by atoms with Crippen molar-refractivity contribution in [2.24, 2.45) is 5.92 Å². The van der Waals surface area contributed by atoms with E-state index in [2.05, 4.69) is 10.1 Å². The van der Waals surface area contributed by atoms with Crippen LogP contribution in [0, 0.1) is 5.92 Å². The van der Waals surface area contributed by atoms with E-state index in [1.807, 2.05) is 29.2 Å². The van der Waals surface area contributed by atoms with E-state index in [1.54, 1.807) is 0 Å². The Bertz CT molecular complexity index is 795. The first-order valence-corrected chi connectivity index (χ1v) is 9.16. The smallest absolute Gasteiger partial charge is 0.261 e. The molecular weight excluding hydrogens is 318 g/mol. The van der Waals surface area contributed by atoms with E-state index in [0.29, 0.717) is 24.3 Å². The molecular formula is C19H21N3O3. The number of hydrogen-bond donors (Lipinski definition) is 0. The Labute approximate surface area is 146 Å². The number of aromatic nitrogens is 2. The highest BCUT2D eigenvalue weighted by molar-refractivity contribution is 5.81. The van der Waals surface area contributed by atoms with Gasteiger partial charge in [-0.2, -0.15) is 4.98 Å². The summed E-state index contributed by atoms with van der Waals surface area (Å²) in [4.78, 5) is 18.7. The molecule has 2 aromatic rings. The van der Waals surface area contributed by atoms with Crippen molar-refractivity contribution in [3.05, 3.63) is 30.1 Å². The average molecular weight is 339 g/mol. The van der Waals surface area contributed by atoms with Gasteiger partial charge in [-0.3, -0.25) is 4.79 Å². The third kappa shape index (κ3) is 3.01. The number of benzene rings is 1. The van der Waals surface area contributed by atoms with Crippen molar-refractivity contribution in [1.29, 1.82) is 0 Å². The summed E-state index contributed by atoms with van der Waals surface area (Å²) in [5, 5.41) is 4.09. The lowest BCUT2D eigenvalue weighted by Crippen LogP contribution is -2.32. The standard InChI is InChI=1S/C19H21N3O3/c23-19(13-7-8-13)22-10-9-14(11-22)24-16-4-2-1-3-15(16)18-20-17(21-25-18)12-5-6-12/h1-4,12-14H,5-11H2. The maximum absolute atomic E-state index is 12.2. The monoisotopic (exact) mass is 339 g/mol. The summed E-state index contributed by atoms with van der Waals surface area (Å²) in [5.74, 6) is 3.09. The third-order valence-corrected chi connectivity index (χ3v) is 5.18. The number of para-hydroxylation sites is 1. The average Bonchev–Trinajstić information content (AvgIpc) is 3.56. The van der Waals surface area contributed by atoms with Crippen molar-refractivity contribution < 1.29 is 14.1 Å². The molecule has 0 spiro atoms. The molecule has 2 aliphatic carbocycles. The van der Waals surface area contributed by atoms with Crippen molar-refractivity contribution in [3.63, 3.8) is 0 Å². The van der Waals surface area contributed by atoms with Gasteiger partial charge in [-0.1, -0.05) is 17.3 Å². The van der Waals surface area contributed by atoms with Crippen molar-refractivity contribution in [1.82, 2.24) is 15.0 Å². The van der Waals surface area contributed by atoms with Gasteiger partial charge in [0.25, 0.3) is 5.89 Å². The van der Waals surface area contributed by atoms with Gasteiger partial charge in [0, 0.05) is 24.8 Å². The topological polar surface area (TPSA) is 68.5 Å². The van der Waals surface area contributed by atoms with Crippen molar-refractivity contribution in [2.75, 3.05) is 13.1 Å². The van der Waals surface area contributed by atoms with Crippen LogP contribution < -0.4 is 4.74 Å². The molecule has 1 aliphatic heterocycles. The molecule has 5 rings (SSSR count). The Morgan fingerprint density at radius 3 is 2.80 bits per heavy atom. The summed E-state index contributed by atoms with van der Waals surface area (Å²) >= 11 is 0. The zero-order chi connectivity index (χ0) is 16.8. The van der Waals surface area contributed by atoms with Gasteiger partial charge >= 0.3 is 0 Å². The molecule has 2 saturated carbocycles. The molecule has 1 aromatic carbocycles. The van der Waals surface area contributed by atoms with Gasteiger partial charge in [0.15, 0.2) is 5.82 Å². The third-order valence-electron chi connectivity index (χ3n) is 5.18. The Balaban J connectivity index is 1.31. The molecule has 1 saturated heterocycles. The first kappa shape index (κ1) is 14.9. The van der Waals surface area contributed by atoms with Crippen LogP contribution in [-0.2, 0) is 4.79 Å². The number of carbonyl (C=O) groups excluding carboxylic acids is 1. The van der Waals surface area contributed by atoms with E-state index in [0.717, 1.165) is 55.8 Å². The molecule has 25 heavy (non-hydrogen) atoms. The molecule has 0 bridgehead atoms. The van der Waals surface area contributed by atoms with Crippen LogP contribution in [0.25, 0.3) is 11.5 Å². The van der Waals surface area contributed by atoms with E-state index in [9.17, 15) is 4.79 Å². The van der Waals surface area contributed by atoms with E-state index in [-0.39, 0.29) is 12.0 Å². The molecule has 0 N–H and O–H groups in total. The van der Waals surface area contributed by atoms with Crippen LogP contribution in [-0.4, -0.2) is 40.1 Å². The second-order valence-electron chi connectivity index (χ2n) is 7.32. The summed E-state index contributed by atoms with van der Waals surface area (Å²) in [5.41, 5.74) is 0.828. The van der Waals surface area contributed by atoms with Gasteiger partial charge in [0.05, 0.1) is 12.1 Å². The highest BCUT2D eigenvalue weighted by Gasteiger charge is 2.37. The molecule has 6 heteroatoms. The van der Waals surface area contributed by atoms with Crippen molar-refractivity contribution in [3.8, 4) is 17.2 Å². The second kappa shape index (κ2) is 5.86. The highest BCUT2D eigenvalue weighted by Crippen LogP contribution is 2.40. The summed E-state index contributed by atoms with van der Waals surface area (Å²) < 4.78 is 11.7. The highest BCUT2D eigenvalue weighted by atomic mass is 16.5. The van der Waals surface area contributed by atoms with E-state index in [1.165, 1.54) is 0 Å². The van der Waals surface area contributed by atoms with Crippen LogP contribution >= 0.6 is 0 Å². The lowest BCUT2D eigenvalue weighted by Gasteiger charge is -2.18. The van der Waals surface area contributed by atoms with Gasteiger partial charge in [-0.05, 0) is 37.8 Å². The van der Waals surface area contributed by atoms with Crippen LogP contribution in [0.5, 0.6) is 5.75 Å². The van der Waals surface area contributed by atoms with Crippen molar-refractivity contribution >= 4 is 5.91 Å². The fourth-order valence-electron chi connectivity index (χ4n) is 3.39. The maximum atomic E-state index is 12.2. The number of carbonyl (C=O) groups is 1. The van der Waals surface area contributed by atoms with Crippen LogP contribution in [0.2, 0.25) is 0 Å². The Morgan fingerprint density at radius 1 is 1.16 bits per heavy atom. The molecule has 1 atom stereocenters. The molecule has 6 nitrogen and oxygen atoms in total. The van der Waals surface area contributed by atoms with Crippen LogP contribution in [0.3, 0.4) is 0 Å². The number of nitrogens with zero attached hydrogens (tertiary/aromatic N) is 3. The largest absolute Gasteiger partial charge is 0.488 e. The summed E-state index contributed by atoms with van der Waals surface area (Å²) in [6.45, 7) is 1.45. The molecule has 130 valence electrons. The minimum atomic E-state index is 0.0228. The molecule has 0 radical (unpaired) electrons. The fraction of sp³-hybridized carbons (Fsp3) is 0.526. The molecule has 3 aliphatic rings. The van der Waals surface area contributed by atoms with Crippen LogP contribution in [0.15, 0.2) is 28.8 Å². The first-order chi connectivity index (χ1) is 12.3. The number of rotatable bonds is 5. The number of amides is 1. The van der Waals surface area contributed by atoms with Crippen molar-refractivity contribution in [2.45, 2.75) is 44.1 Å². The van der Waals surface area contributed by atoms with Gasteiger partial charge in [-0.25, -0.2) is 0 Å². The minimum Gasteiger partial charge on any atom is -0.488 e. The van der Waals surface area contributed by atoms with Gasteiger partial charge in [0.2, 0.25) is 5.91 Å². The fourth-order valence-corrected chi connectivity index (χ4v) is 3.39. The lowest BCUT2D eigenvalue weighted by molar-refractivity contribution is -0.131. The van der Waals surface area contributed by atoms with E-state index < -0.39 is 0 Å². The lowest BCUT2D eigenvalue weighted by atomic mass is 10.2. The Hall–Kier alpha value is -2.37. The Morgan fingerprint density at radius 2 is 2.00 bits per heavy atom. The van der Waals surface area contributed by atoms with Gasteiger partial charge in [0.1, 0.15) is 11.9 Å². The van der Waals surface area contributed by atoms with Crippen LogP contribution in [0.1, 0.15) is 43.8 Å². The zero-order valence-corrected chi connectivity index (χ0v) is 14.1. The summed E-state index contributed by atoms with van der Waals surface area (Å²) in [7, 11) is 0. The zero-order valence-electron chi connectivity index (χ0n) is 14.1. The summed E-state index contributed by atoms with van der Waals surface area (Å²) in [6.07, 6.45) is 5.27. The van der Waals surface area contributed by atoms with Gasteiger partial charge < -0.3 is 14.2 Å². The SMILES string of the molecule is O=C(C1CC1)N1CCC(Oc2ccccc2-c2nc(C3CC3)no2)C1. The number of likely N-dealkylation sites (tertiary alicyclic amines) is 1. The summed E-state index contributed by atoms with van der Waals surface area (Å²) in [6, 6.07) is 7.77. The van der Waals surface area contributed by atoms with Gasteiger partial charge in [-0.15, -0.1) is 0 Å². The van der Waals surface area contributed by atoms with Crippen LogP contribution in [0.4, 0.5) is 0 Å². The van der Waals surface area contributed by atoms with E-state index >= 15 is 0 Å². The number of ether oxygens (including phenoxy) is 1. The maximum Gasteiger partial charge on any atom is 0.261 e. The molecule has 1 unspecified atom stereocenters. The second-order valence-corrected chi connectivity index (χ2v) is 7.32. The normalized spacial score (nSPS) is 23.0. The van der Waals surface area contributed by atoms with E-state index in [4.69, 9.17) is 9.26 Å². The minimum absolute atomic E-state index is 0.0228. The first-order valence-electron chi connectivity index (χ1n) is 9.16.